The summed E-state index contributed by atoms with van der Waals surface area (Å²) in [4.78, 5) is 0.118. The largest absolute Gasteiger partial charge is 0.383 e. The lowest BCUT2D eigenvalue weighted by molar-refractivity contribution is 0.600. The fraction of sp³-hybridized carbons (Fsp3) is 0.727. The molecule has 1 saturated heterocycles. The Labute approximate surface area is 113 Å². The van der Waals surface area contributed by atoms with Gasteiger partial charge < -0.3 is 16.4 Å². The van der Waals surface area contributed by atoms with Crippen LogP contribution in [0, 0.1) is 0 Å². The number of nitrogens with zero attached hydrogens (tertiary/aromatic N) is 2. The van der Waals surface area contributed by atoms with Crippen LogP contribution in [-0.2, 0) is 16.4 Å². The van der Waals surface area contributed by atoms with Crippen LogP contribution in [0.25, 0.3) is 0 Å². The lowest BCUT2D eigenvalue weighted by atomic mass is 10.2. The number of hydrogen-bond acceptors (Lipinski definition) is 6. The Morgan fingerprint density at radius 1 is 1.58 bits per heavy atom. The minimum Gasteiger partial charge on any atom is -0.383 e. The SMILES string of the molecule is CCCn1nc(NC2CCNC2)c(S(C)(=O)=O)c1N. The number of aryl methyl sites for hydroxylation is 1. The molecule has 1 unspecified atom stereocenters. The number of rotatable bonds is 5. The molecule has 1 atom stereocenters. The molecule has 1 fully saturated rings. The molecule has 0 spiro atoms. The van der Waals surface area contributed by atoms with Crippen LogP contribution < -0.4 is 16.4 Å². The van der Waals surface area contributed by atoms with Gasteiger partial charge in [-0.15, -0.1) is 0 Å². The summed E-state index contributed by atoms with van der Waals surface area (Å²) in [5.74, 6) is 0.597. The van der Waals surface area contributed by atoms with Crippen LogP contribution in [0.4, 0.5) is 11.6 Å². The smallest absolute Gasteiger partial charge is 0.182 e. The molecule has 2 heterocycles. The van der Waals surface area contributed by atoms with E-state index < -0.39 is 9.84 Å². The average molecular weight is 287 g/mol. The maximum atomic E-state index is 11.9. The fourth-order valence-corrected chi connectivity index (χ4v) is 3.21. The Morgan fingerprint density at radius 2 is 2.32 bits per heavy atom. The van der Waals surface area contributed by atoms with Crippen LogP contribution in [0.5, 0.6) is 0 Å². The zero-order valence-electron chi connectivity index (χ0n) is 11.3. The van der Waals surface area contributed by atoms with Gasteiger partial charge in [0.25, 0.3) is 0 Å². The van der Waals surface area contributed by atoms with Gasteiger partial charge in [-0.1, -0.05) is 6.92 Å². The van der Waals surface area contributed by atoms with Crippen LogP contribution >= 0.6 is 0 Å². The molecule has 0 aliphatic carbocycles. The Balaban J connectivity index is 2.37. The lowest BCUT2D eigenvalue weighted by Gasteiger charge is -2.11. The minimum absolute atomic E-state index is 0.118. The van der Waals surface area contributed by atoms with Gasteiger partial charge in [0.15, 0.2) is 20.6 Å². The van der Waals surface area contributed by atoms with Crippen LogP contribution in [-0.4, -0.2) is 43.6 Å². The quantitative estimate of drug-likeness (QED) is 0.707. The molecular weight excluding hydrogens is 266 g/mol. The molecular formula is C11H21N5O2S. The Kier molecular flexibility index (Phi) is 4.00. The first-order valence-electron chi connectivity index (χ1n) is 6.47. The van der Waals surface area contributed by atoms with Gasteiger partial charge in [-0.2, -0.15) is 5.10 Å². The van der Waals surface area contributed by atoms with Crippen molar-refractivity contribution >= 4 is 21.5 Å². The van der Waals surface area contributed by atoms with Gasteiger partial charge in [-0.25, -0.2) is 13.1 Å². The molecule has 108 valence electrons. The van der Waals surface area contributed by atoms with Crippen molar-refractivity contribution in [3.8, 4) is 0 Å². The Morgan fingerprint density at radius 3 is 2.84 bits per heavy atom. The van der Waals surface area contributed by atoms with Gasteiger partial charge in [0.1, 0.15) is 5.82 Å². The van der Waals surface area contributed by atoms with E-state index in [1.165, 1.54) is 0 Å². The predicted octanol–water partition coefficient (Wildman–Crippen LogP) is 0.0526. The van der Waals surface area contributed by atoms with Gasteiger partial charge in [0.2, 0.25) is 0 Å². The standard InChI is InChI=1S/C11H21N5O2S/c1-3-6-16-10(12)9(19(2,17)18)11(15-16)14-8-4-5-13-7-8/h8,13H,3-7,12H2,1-2H3,(H,14,15). The highest BCUT2D eigenvalue weighted by Crippen LogP contribution is 2.28. The summed E-state index contributed by atoms with van der Waals surface area (Å²) in [5.41, 5.74) is 5.92. The molecule has 4 N–H and O–H groups in total. The second-order valence-electron chi connectivity index (χ2n) is 4.89. The van der Waals surface area contributed by atoms with Crippen LogP contribution in [0.2, 0.25) is 0 Å². The van der Waals surface area contributed by atoms with Gasteiger partial charge in [0, 0.05) is 25.4 Å². The summed E-state index contributed by atoms with van der Waals surface area (Å²) < 4.78 is 25.3. The number of aromatic nitrogens is 2. The van der Waals surface area contributed by atoms with E-state index in [2.05, 4.69) is 15.7 Å². The molecule has 0 amide bonds. The Hall–Kier alpha value is -1.28. The van der Waals surface area contributed by atoms with Gasteiger partial charge in [-0.3, -0.25) is 0 Å². The molecule has 0 aromatic carbocycles. The average Bonchev–Trinajstić information content (AvgIpc) is 2.88. The van der Waals surface area contributed by atoms with Crippen LogP contribution in [0.1, 0.15) is 19.8 Å². The second-order valence-corrected chi connectivity index (χ2v) is 6.84. The normalized spacial score (nSPS) is 19.8. The van der Waals surface area contributed by atoms with Crippen molar-refractivity contribution in [2.45, 2.75) is 37.2 Å². The first-order chi connectivity index (χ1) is 8.93. The van der Waals surface area contributed by atoms with Gasteiger partial charge in [-0.05, 0) is 19.4 Å². The molecule has 7 nitrogen and oxygen atoms in total. The van der Waals surface area contributed by atoms with Crippen molar-refractivity contribution in [3.63, 3.8) is 0 Å². The van der Waals surface area contributed by atoms with Crippen molar-refractivity contribution in [1.29, 1.82) is 0 Å². The number of anilines is 2. The highest BCUT2D eigenvalue weighted by Gasteiger charge is 2.26. The monoisotopic (exact) mass is 287 g/mol. The zero-order valence-corrected chi connectivity index (χ0v) is 12.1. The molecule has 19 heavy (non-hydrogen) atoms. The summed E-state index contributed by atoms with van der Waals surface area (Å²) in [6, 6.07) is 0.199. The third-order valence-electron chi connectivity index (χ3n) is 3.15. The van der Waals surface area contributed by atoms with E-state index in [1.807, 2.05) is 6.92 Å². The second kappa shape index (κ2) is 5.38. The fourth-order valence-electron chi connectivity index (χ4n) is 2.27. The first-order valence-corrected chi connectivity index (χ1v) is 8.36. The summed E-state index contributed by atoms with van der Waals surface area (Å²) in [6.45, 7) is 4.34. The molecule has 1 aromatic heterocycles. The number of hydrogen-bond donors (Lipinski definition) is 3. The van der Waals surface area contributed by atoms with E-state index in [-0.39, 0.29) is 16.8 Å². The summed E-state index contributed by atoms with van der Waals surface area (Å²) >= 11 is 0. The summed E-state index contributed by atoms with van der Waals surface area (Å²) in [7, 11) is -3.39. The van der Waals surface area contributed by atoms with Crippen molar-refractivity contribution < 1.29 is 8.42 Å². The van der Waals surface area contributed by atoms with E-state index in [9.17, 15) is 8.42 Å². The zero-order chi connectivity index (χ0) is 14.0. The molecule has 0 bridgehead atoms. The highest BCUT2D eigenvalue weighted by molar-refractivity contribution is 7.91. The topological polar surface area (TPSA) is 102 Å². The van der Waals surface area contributed by atoms with E-state index in [1.54, 1.807) is 4.68 Å². The predicted molar refractivity (Wildman–Crippen MR) is 74.9 cm³/mol. The minimum atomic E-state index is -3.39. The summed E-state index contributed by atoms with van der Waals surface area (Å²) in [6.07, 6.45) is 2.96. The number of sulfone groups is 1. The van der Waals surface area contributed by atoms with E-state index in [0.717, 1.165) is 32.2 Å². The van der Waals surface area contributed by atoms with Crippen LogP contribution in [0.3, 0.4) is 0 Å². The molecule has 2 rings (SSSR count). The molecule has 8 heteroatoms. The maximum Gasteiger partial charge on any atom is 0.182 e. The lowest BCUT2D eigenvalue weighted by Crippen LogP contribution is -2.23. The van der Waals surface area contributed by atoms with Crippen molar-refractivity contribution in [2.75, 3.05) is 30.4 Å². The molecule has 1 aliphatic rings. The van der Waals surface area contributed by atoms with Gasteiger partial charge >= 0.3 is 0 Å². The van der Waals surface area contributed by atoms with E-state index >= 15 is 0 Å². The maximum absolute atomic E-state index is 11.9. The Bertz CT molecular complexity index is 546. The number of nitrogens with one attached hydrogen (secondary N) is 2. The van der Waals surface area contributed by atoms with E-state index in [4.69, 9.17) is 5.73 Å². The third kappa shape index (κ3) is 3.01. The first kappa shape index (κ1) is 14.1. The molecule has 1 aliphatic heterocycles. The third-order valence-corrected chi connectivity index (χ3v) is 4.30. The number of nitrogens with two attached hydrogens (primary N) is 1. The molecule has 0 saturated carbocycles. The molecule has 1 aromatic rings. The van der Waals surface area contributed by atoms with Crippen LogP contribution in [0.15, 0.2) is 4.90 Å². The van der Waals surface area contributed by atoms with Crippen molar-refractivity contribution in [3.05, 3.63) is 0 Å². The van der Waals surface area contributed by atoms with Crippen molar-refractivity contribution in [2.24, 2.45) is 0 Å². The van der Waals surface area contributed by atoms with E-state index in [0.29, 0.717) is 12.4 Å². The summed E-state index contributed by atoms with van der Waals surface area (Å²) in [5, 5.41) is 10.7. The van der Waals surface area contributed by atoms with Crippen molar-refractivity contribution in [1.82, 2.24) is 15.1 Å². The highest BCUT2D eigenvalue weighted by atomic mass is 32.2. The number of nitrogen functional groups attached to an aromatic ring is 1. The molecule has 0 radical (unpaired) electrons. The van der Waals surface area contributed by atoms with Gasteiger partial charge in [0.05, 0.1) is 0 Å².